The Balaban J connectivity index is 2.04. The first-order valence-electron chi connectivity index (χ1n) is 7.79. The molecule has 0 unspecified atom stereocenters. The van der Waals surface area contributed by atoms with Crippen LogP contribution >= 0.6 is 0 Å². The summed E-state index contributed by atoms with van der Waals surface area (Å²) in [6, 6.07) is 4.26. The van der Waals surface area contributed by atoms with Gasteiger partial charge in [0.05, 0.1) is 0 Å². The normalized spacial score (nSPS) is 15.9. The Bertz CT molecular complexity index is 826. The first kappa shape index (κ1) is 16.2. The summed E-state index contributed by atoms with van der Waals surface area (Å²) in [5.41, 5.74) is 2.21. The highest BCUT2D eigenvalue weighted by molar-refractivity contribution is 6.10. The van der Waals surface area contributed by atoms with Crippen LogP contribution in [0.1, 0.15) is 28.9 Å². The van der Waals surface area contributed by atoms with Gasteiger partial charge in [0, 0.05) is 42.2 Å². The second kappa shape index (κ2) is 6.84. The molecule has 0 radical (unpaired) electrons. The van der Waals surface area contributed by atoms with Gasteiger partial charge in [0.2, 0.25) is 5.91 Å². The molecule has 1 aromatic heterocycles. The van der Waals surface area contributed by atoms with Gasteiger partial charge in [-0.3, -0.25) is 9.59 Å². The van der Waals surface area contributed by atoms with E-state index >= 15 is 0 Å². The van der Waals surface area contributed by atoms with Crippen LogP contribution in [0, 0.1) is 5.82 Å². The van der Waals surface area contributed by atoms with Gasteiger partial charge in [-0.1, -0.05) is 0 Å². The Hall–Kier alpha value is -2.67. The van der Waals surface area contributed by atoms with Crippen LogP contribution in [-0.2, 0) is 4.79 Å². The van der Waals surface area contributed by atoms with Gasteiger partial charge in [-0.2, -0.15) is 0 Å². The van der Waals surface area contributed by atoms with Crippen molar-refractivity contribution in [1.82, 2.24) is 15.6 Å². The molecule has 0 aliphatic carbocycles. The van der Waals surface area contributed by atoms with E-state index in [4.69, 9.17) is 5.11 Å². The molecular formula is C17H18FN3O3. The highest BCUT2D eigenvalue weighted by Crippen LogP contribution is 2.32. The predicted molar refractivity (Wildman–Crippen MR) is 87.9 cm³/mol. The molecule has 0 spiro atoms. The molecule has 4 N–H and O–H groups in total. The topological polar surface area (TPSA) is 94.2 Å². The Morgan fingerprint density at radius 3 is 3.04 bits per heavy atom. The minimum Gasteiger partial charge on any atom is -0.396 e. The van der Waals surface area contributed by atoms with Crippen molar-refractivity contribution >= 4 is 28.3 Å². The molecular weight excluding hydrogens is 313 g/mol. The lowest BCUT2D eigenvalue weighted by Gasteiger charge is -2.06. The van der Waals surface area contributed by atoms with Crippen LogP contribution in [0.5, 0.6) is 0 Å². The monoisotopic (exact) mass is 331 g/mol. The van der Waals surface area contributed by atoms with Crippen molar-refractivity contribution in [2.24, 2.45) is 0 Å². The average Bonchev–Trinajstić information content (AvgIpc) is 2.85. The third-order valence-corrected chi connectivity index (χ3v) is 3.93. The van der Waals surface area contributed by atoms with E-state index in [1.165, 1.54) is 18.2 Å². The van der Waals surface area contributed by atoms with Crippen molar-refractivity contribution in [3.05, 3.63) is 41.3 Å². The number of carbonyl (C=O) groups excluding carboxylic acids is 2. The second-order valence-corrected chi connectivity index (χ2v) is 5.61. The van der Waals surface area contributed by atoms with Crippen LogP contribution in [0.15, 0.2) is 24.3 Å². The van der Waals surface area contributed by atoms with E-state index in [1.807, 2.05) is 0 Å². The zero-order valence-corrected chi connectivity index (χ0v) is 13.0. The van der Waals surface area contributed by atoms with E-state index in [2.05, 4.69) is 15.6 Å². The SMILES string of the molecule is O=C(/C=C1\CCNC(=O)c2[nH]c3ccc(F)cc3c21)NCCCO. The summed E-state index contributed by atoms with van der Waals surface area (Å²) in [5.74, 6) is -0.976. The predicted octanol–water partition coefficient (Wildman–Crippen LogP) is 1.32. The van der Waals surface area contributed by atoms with Crippen LogP contribution in [-0.4, -0.2) is 41.6 Å². The number of hydrogen-bond acceptors (Lipinski definition) is 3. The highest BCUT2D eigenvalue weighted by Gasteiger charge is 2.24. The molecule has 0 fully saturated rings. The summed E-state index contributed by atoms with van der Waals surface area (Å²) >= 11 is 0. The standard InChI is InChI=1S/C17H18FN3O3/c18-11-2-3-13-12(9-11)15-10(8-14(23)19-5-1-7-22)4-6-20-17(24)16(15)21-13/h2-3,8-9,21-22H,1,4-7H2,(H,19,23)(H,20,24)/b10-8+. The van der Waals surface area contributed by atoms with E-state index in [1.54, 1.807) is 6.07 Å². The zero-order chi connectivity index (χ0) is 17.1. The molecule has 0 bridgehead atoms. The fourth-order valence-corrected chi connectivity index (χ4v) is 2.84. The number of aliphatic hydroxyl groups is 1. The molecule has 2 aromatic rings. The summed E-state index contributed by atoms with van der Waals surface area (Å²) in [4.78, 5) is 27.3. The zero-order valence-electron chi connectivity index (χ0n) is 13.0. The van der Waals surface area contributed by atoms with Crippen LogP contribution in [0.4, 0.5) is 4.39 Å². The minimum atomic E-state index is -0.402. The number of H-pyrrole nitrogens is 1. The van der Waals surface area contributed by atoms with E-state index < -0.39 is 5.82 Å². The first-order chi connectivity index (χ1) is 11.6. The molecule has 2 heterocycles. The summed E-state index contributed by atoms with van der Waals surface area (Å²) in [7, 11) is 0. The number of benzene rings is 1. The molecule has 1 aromatic carbocycles. The number of rotatable bonds is 4. The molecule has 6 nitrogen and oxygen atoms in total. The summed E-state index contributed by atoms with van der Waals surface area (Å²) in [5, 5.41) is 14.8. The number of aromatic nitrogens is 1. The molecule has 1 aliphatic rings. The summed E-state index contributed by atoms with van der Waals surface area (Å²) < 4.78 is 13.6. The van der Waals surface area contributed by atoms with Gasteiger partial charge in [-0.15, -0.1) is 0 Å². The van der Waals surface area contributed by atoms with Gasteiger partial charge in [0.1, 0.15) is 11.5 Å². The maximum atomic E-state index is 13.6. The molecule has 24 heavy (non-hydrogen) atoms. The number of aromatic amines is 1. The third kappa shape index (κ3) is 3.16. The molecule has 7 heteroatoms. The molecule has 2 amide bonds. The number of halogens is 1. The Morgan fingerprint density at radius 1 is 1.42 bits per heavy atom. The van der Waals surface area contributed by atoms with E-state index in [-0.39, 0.29) is 18.4 Å². The number of fused-ring (bicyclic) bond motifs is 3. The number of aliphatic hydroxyl groups excluding tert-OH is 1. The van der Waals surface area contributed by atoms with Crippen LogP contribution < -0.4 is 10.6 Å². The van der Waals surface area contributed by atoms with Crippen LogP contribution in [0.25, 0.3) is 16.5 Å². The maximum absolute atomic E-state index is 13.6. The smallest absolute Gasteiger partial charge is 0.268 e. The largest absolute Gasteiger partial charge is 0.396 e. The fourth-order valence-electron chi connectivity index (χ4n) is 2.84. The summed E-state index contributed by atoms with van der Waals surface area (Å²) in [6.45, 7) is 0.765. The van der Waals surface area contributed by atoms with Crippen LogP contribution in [0.3, 0.4) is 0 Å². The van der Waals surface area contributed by atoms with Gasteiger partial charge < -0.3 is 20.7 Å². The van der Waals surface area contributed by atoms with Crippen molar-refractivity contribution in [3.63, 3.8) is 0 Å². The van der Waals surface area contributed by atoms with Gasteiger partial charge in [0.15, 0.2) is 0 Å². The Kier molecular flexibility index (Phi) is 4.61. The van der Waals surface area contributed by atoms with Gasteiger partial charge in [-0.05, 0) is 36.6 Å². The number of hydrogen-bond donors (Lipinski definition) is 4. The molecule has 0 saturated carbocycles. The van der Waals surface area contributed by atoms with Crippen molar-refractivity contribution < 1.29 is 19.1 Å². The van der Waals surface area contributed by atoms with E-state index in [0.29, 0.717) is 53.7 Å². The van der Waals surface area contributed by atoms with Crippen molar-refractivity contribution in [2.45, 2.75) is 12.8 Å². The molecule has 126 valence electrons. The Labute approximate surface area is 137 Å². The van der Waals surface area contributed by atoms with Crippen molar-refractivity contribution in [2.75, 3.05) is 19.7 Å². The van der Waals surface area contributed by atoms with E-state index in [0.717, 1.165) is 0 Å². The third-order valence-electron chi connectivity index (χ3n) is 3.93. The highest BCUT2D eigenvalue weighted by atomic mass is 19.1. The quantitative estimate of drug-likeness (QED) is 0.503. The van der Waals surface area contributed by atoms with Crippen LogP contribution in [0.2, 0.25) is 0 Å². The van der Waals surface area contributed by atoms with Crippen molar-refractivity contribution in [1.29, 1.82) is 0 Å². The van der Waals surface area contributed by atoms with Gasteiger partial charge in [0.25, 0.3) is 5.91 Å². The van der Waals surface area contributed by atoms with Crippen molar-refractivity contribution in [3.8, 4) is 0 Å². The Morgan fingerprint density at radius 2 is 2.25 bits per heavy atom. The maximum Gasteiger partial charge on any atom is 0.268 e. The molecule has 3 rings (SSSR count). The second-order valence-electron chi connectivity index (χ2n) is 5.61. The number of carbonyl (C=O) groups is 2. The number of nitrogens with one attached hydrogen (secondary N) is 3. The molecule has 1 aliphatic heterocycles. The molecule has 0 saturated heterocycles. The van der Waals surface area contributed by atoms with Gasteiger partial charge >= 0.3 is 0 Å². The molecule has 0 atom stereocenters. The minimum absolute atomic E-state index is 0.00114. The van der Waals surface area contributed by atoms with Gasteiger partial charge in [-0.25, -0.2) is 4.39 Å². The fraction of sp³-hybridized carbons (Fsp3) is 0.294. The lowest BCUT2D eigenvalue weighted by atomic mass is 9.99. The first-order valence-corrected chi connectivity index (χ1v) is 7.79. The van der Waals surface area contributed by atoms with E-state index in [9.17, 15) is 14.0 Å². The lowest BCUT2D eigenvalue weighted by Crippen LogP contribution is -2.23. The number of amides is 2. The summed E-state index contributed by atoms with van der Waals surface area (Å²) in [6.07, 6.45) is 2.38. The average molecular weight is 331 g/mol. The lowest BCUT2D eigenvalue weighted by molar-refractivity contribution is -0.116.